The van der Waals surface area contributed by atoms with Gasteiger partial charge in [-0.05, 0) is 37.5 Å². The summed E-state index contributed by atoms with van der Waals surface area (Å²) in [5.74, 6) is 0.907. The summed E-state index contributed by atoms with van der Waals surface area (Å²) in [6.07, 6.45) is 7.39. The molecule has 98 valence electrons. The minimum Gasteiger partial charge on any atom is -0.480 e. The molecule has 0 saturated heterocycles. The first-order chi connectivity index (χ1) is 8.08. The highest BCUT2D eigenvalue weighted by atomic mass is 16.4. The first kappa shape index (κ1) is 12.9. The van der Waals surface area contributed by atoms with E-state index >= 15 is 0 Å². The summed E-state index contributed by atoms with van der Waals surface area (Å²) in [6.45, 7) is 4.80. The largest absolute Gasteiger partial charge is 0.480 e. The van der Waals surface area contributed by atoms with Gasteiger partial charge in [0.2, 0.25) is 0 Å². The molecule has 0 bridgehead atoms. The third-order valence-electron chi connectivity index (χ3n) is 4.67. The average molecular weight is 239 g/mol. The smallest absolute Gasteiger partial charge is 0.317 e. The van der Waals surface area contributed by atoms with Gasteiger partial charge in [0.05, 0.1) is 6.54 Å². The Morgan fingerprint density at radius 3 is 2.29 bits per heavy atom. The van der Waals surface area contributed by atoms with Crippen molar-refractivity contribution in [3.8, 4) is 0 Å². The van der Waals surface area contributed by atoms with E-state index in [-0.39, 0.29) is 6.54 Å². The zero-order chi connectivity index (χ0) is 12.4. The molecule has 17 heavy (non-hydrogen) atoms. The quantitative estimate of drug-likeness (QED) is 0.802. The maximum atomic E-state index is 11.0. The Morgan fingerprint density at radius 2 is 1.82 bits per heavy atom. The van der Waals surface area contributed by atoms with Gasteiger partial charge in [0.15, 0.2) is 0 Å². The third kappa shape index (κ3) is 3.01. The second-order valence-electron chi connectivity index (χ2n) is 6.13. The van der Waals surface area contributed by atoms with Crippen molar-refractivity contribution in [3.05, 3.63) is 0 Å². The van der Waals surface area contributed by atoms with E-state index in [1.807, 2.05) is 0 Å². The van der Waals surface area contributed by atoms with Gasteiger partial charge in [-0.1, -0.05) is 26.7 Å². The van der Waals surface area contributed by atoms with Gasteiger partial charge in [-0.3, -0.25) is 9.69 Å². The second kappa shape index (κ2) is 5.38. The van der Waals surface area contributed by atoms with E-state index in [0.717, 1.165) is 11.8 Å². The number of nitrogens with zero attached hydrogens (tertiary/aromatic N) is 1. The predicted octanol–water partition coefficient (Wildman–Crippen LogP) is 2.75. The molecule has 2 fully saturated rings. The molecule has 0 heterocycles. The topological polar surface area (TPSA) is 40.5 Å². The fourth-order valence-electron chi connectivity index (χ4n) is 3.39. The van der Waals surface area contributed by atoms with Gasteiger partial charge in [0.25, 0.3) is 0 Å². The summed E-state index contributed by atoms with van der Waals surface area (Å²) in [6, 6.07) is 1.09. The lowest BCUT2D eigenvalue weighted by Crippen LogP contribution is -2.51. The monoisotopic (exact) mass is 239 g/mol. The van der Waals surface area contributed by atoms with Crippen molar-refractivity contribution in [1.29, 1.82) is 0 Å². The van der Waals surface area contributed by atoms with E-state index in [1.54, 1.807) is 0 Å². The van der Waals surface area contributed by atoms with E-state index < -0.39 is 5.97 Å². The normalized spacial score (nSPS) is 29.9. The molecule has 3 heteroatoms. The van der Waals surface area contributed by atoms with Crippen molar-refractivity contribution >= 4 is 5.97 Å². The molecule has 2 rings (SSSR count). The van der Waals surface area contributed by atoms with Gasteiger partial charge in [-0.15, -0.1) is 0 Å². The van der Waals surface area contributed by atoms with Crippen LogP contribution in [0.5, 0.6) is 0 Å². The summed E-state index contributed by atoms with van der Waals surface area (Å²) in [5.41, 5.74) is 0. The average Bonchev–Trinajstić information content (AvgIpc) is 2.64. The number of hydrogen-bond acceptors (Lipinski definition) is 2. The fraction of sp³-hybridized carbons (Fsp3) is 0.929. The van der Waals surface area contributed by atoms with Crippen molar-refractivity contribution in [1.82, 2.24) is 4.90 Å². The van der Waals surface area contributed by atoms with Crippen molar-refractivity contribution in [2.75, 3.05) is 6.54 Å². The predicted molar refractivity (Wildman–Crippen MR) is 67.9 cm³/mol. The summed E-state index contributed by atoms with van der Waals surface area (Å²) in [5, 5.41) is 9.05. The molecular weight excluding hydrogens is 214 g/mol. The van der Waals surface area contributed by atoms with Crippen LogP contribution in [0.2, 0.25) is 0 Å². The van der Waals surface area contributed by atoms with Gasteiger partial charge in [0, 0.05) is 12.1 Å². The molecule has 0 radical (unpaired) electrons. The molecule has 0 aromatic rings. The molecule has 0 aromatic heterocycles. The molecule has 2 aliphatic carbocycles. The van der Waals surface area contributed by atoms with Crippen LogP contribution in [0.15, 0.2) is 0 Å². The summed E-state index contributed by atoms with van der Waals surface area (Å²) < 4.78 is 0. The van der Waals surface area contributed by atoms with Crippen molar-refractivity contribution in [3.63, 3.8) is 0 Å². The lowest BCUT2D eigenvalue weighted by Gasteiger charge is -2.46. The maximum Gasteiger partial charge on any atom is 0.317 e. The number of carboxylic acids is 1. The molecular formula is C14H25NO2. The standard InChI is InChI=1S/C14H25NO2/c1-10(2)11-7-13(8-11)15(9-14(16)17)12-5-3-4-6-12/h10-13H,3-9H2,1-2H3,(H,16,17). The summed E-state index contributed by atoms with van der Waals surface area (Å²) in [4.78, 5) is 13.3. The Balaban J connectivity index is 1.90. The van der Waals surface area contributed by atoms with E-state index in [2.05, 4.69) is 18.7 Å². The molecule has 1 N–H and O–H groups in total. The first-order valence-corrected chi connectivity index (χ1v) is 7.05. The van der Waals surface area contributed by atoms with Crippen LogP contribution >= 0.6 is 0 Å². The molecule has 0 amide bonds. The van der Waals surface area contributed by atoms with Gasteiger partial charge >= 0.3 is 5.97 Å². The second-order valence-corrected chi connectivity index (χ2v) is 6.13. The van der Waals surface area contributed by atoms with Crippen molar-refractivity contribution in [2.45, 2.75) is 64.5 Å². The highest BCUT2D eigenvalue weighted by Gasteiger charge is 2.39. The Morgan fingerprint density at radius 1 is 1.24 bits per heavy atom. The summed E-state index contributed by atoms with van der Waals surface area (Å²) in [7, 11) is 0. The maximum absolute atomic E-state index is 11.0. The number of rotatable bonds is 5. The SMILES string of the molecule is CC(C)C1CC(N(CC(=O)O)C2CCCC2)C1. The minimum absolute atomic E-state index is 0.250. The molecule has 2 aliphatic rings. The minimum atomic E-state index is -0.662. The van der Waals surface area contributed by atoms with E-state index in [1.165, 1.54) is 38.5 Å². The zero-order valence-electron chi connectivity index (χ0n) is 11.1. The Bertz CT molecular complexity index is 265. The van der Waals surface area contributed by atoms with Gasteiger partial charge in [-0.2, -0.15) is 0 Å². The molecule has 3 nitrogen and oxygen atoms in total. The zero-order valence-corrected chi connectivity index (χ0v) is 11.1. The number of carboxylic acid groups (broad SMARTS) is 1. The molecule has 0 spiro atoms. The van der Waals surface area contributed by atoms with Crippen LogP contribution in [0.4, 0.5) is 0 Å². The Kier molecular flexibility index (Phi) is 4.08. The number of aliphatic carboxylic acids is 1. The van der Waals surface area contributed by atoms with Gasteiger partial charge < -0.3 is 5.11 Å². The summed E-state index contributed by atoms with van der Waals surface area (Å²) >= 11 is 0. The molecule has 0 atom stereocenters. The first-order valence-electron chi connectivity index (χ1n) is 7.05. The van der Waals surface area contributed by atoms with Crippen LogP contribution in [-0.4, -0.2) is 34.6 Å². The van der Waals surface area contributed by atoms with Crippen LogP contribution < -0.4 is 0 Å². The number of carbonyl (C=O) groups is 1. The highest BCUT2D eigenvalue weighted by Crippen LogP contribution is 2.39. The number of hydrogen-bond donors (Lipinski definition) is 1. The van der Waals surface area contributed by atoms with E-state index in [0.29, 0.717) is 12.1 Å². The molecule has 0 aromatic carbocycles. The van der Waals surface area contributed by atoms with Gasteiger partial charge in [-0.25, -0.2) is 0 Å². The highest BCUT2D eigenvalue weighted by molar-refractivity contribution is 5.69. The van der Waals surface area contributed by atoms with Crippen LogP contribution in [0.1, 0.15) is 52.4 Å². The Labute approximate surface area is 104 Å². The molecule has 0 aliphatic heterocycles. The van der Waals surface area contributed by atoms with E-state index in [4.69, 9.17) is 5.11 Å². The van der Waals surface area contributed by atoms with Gasteiger partial charge in [0.1, 0.15) is 0 Å². The fourth-order valence-corrected chi connectivity index (χ4v) is 3.39. The van der Waals surface area contributed by atoms with Crippen LogP contribution in [0, 0.1) is 11.8 Å². The van der Waals surface area contributed by atoms with Crippen molar-refractivity contribution in [2.24, 2.45) is 11.8 Å². The van der Waals surface area contributed by atoms with E-state index in [9.17, 15) is 4.79 Å². The third-order valence-corrected chi connectivity index (χ3v) is 4.67. The van der Waals surface area contributed by atoms with Crippen LogP contribution in [0.3, 0.4) is 0 Å². The van der Waals surface area contributed by atoms with Crippen LogP contribution in [0.25, 0.3) is 0 Å². The molecule has 2 saturated carbocycles. The van der Waals surface area contributed by atoms with Crippen molar-refractivity contribution < 1.29 is 9.90 Å². The Hall–Kier alpha value is -0.570. The lowest BCUT2D eigenvalue weighted by molar-refractivity contribution is -0.141. The van der Waals surface area contributed by atoms with Crippen LogP contribution in [-0.2, 0) is 4.79 Å². The lowest BCUT2D eigenvalue weighted by atomic mass is 9.72. The molecule has 0 unspecified atom stereocenters.